The molecule has 0 bridgehead atoms. The molecule has 3 aliphatic rings. The second-order valence-electron chi connectivity index (χ2n) is 9.17. The van der Waals surface area contributed by atoms with Gasteiger partial charge in [0, 0.05) is 12.5 Å². The first-order valence-electron chi connectivity index (χ1n) is 11.3. The third-order valence-electron chi connectivity index (χ3n) is 7.29. The van der Waals surface area contributed by atoms with Gasteiger partial charge < -0.3 is 5.32 Å². The van der Waals surface area contributed by atoms with Gasteiger partial charge in [0.2, 0.25) is 0 Å². The van der Waals surface area contributed by atoms with E-state index in [0.717, 1.165) is 63.6 Å². The van der Waals surface area contributed by atoms with Gasteiger partial charge in [-0.05, 0) is 63.1 Å². The third-order valence-corrected chi connectivity index (χ3v) is 8.49. The van der Waals surface area contributed by atoms with E-state index in [4.69, 9.17) is 4.98 Å². The summed E-state index contributed by atoms with van der Waals surface area (Å²) in [5.74, 6) is 1.04. The minimum atomic E-state index is -0.648. The van der Waals surface area contributed by atoms with Gasteiger partial charge in [0.25, 0.3) is 5.91 Å². The van der Waals surface area contributed by atoms with Crippen LogP contribution >= 0.6 is 11.3 Å². The van der Waals surface area contributed by atoms with E-state index in [2.05, 4.69) is 35.3 Å². The molecule has 7 heteroatoms. The van der Waals surface area contributed by atoms with Gasteiger partial charge in [0.05, 0.1) is 21.9 Å². The van der Waals surface area contributed by atoms with Crippen LogP contribution in [0.25, 0.3) is 10.2 Å². The highest BCUT2D eigenvalue weighted by molar-refractivity contribution is 7.18. The smallest absolute Gasteiger partial charge is 0.323 e. The first kappa shape index (κ1) is 19.9. The average Bonchev–Trinajstić information content (AvgIpc) is 3.30. The van der Waals surface area contributed by atoms with E-state index in [-0.39, 0.29) is 11.9 Å². The number of nitrogens with zero attached hydrogens (tertiary/aromatic N) is 3. The molecular weight excluding hydrogens is 396 g/mol. The summed E-state index contributed by atoms with van der Waals surface area (Å²) in [7, 11) is 0. The quantitative estimate of drug-likeness (QED) is 0.740. The van der Waals surface area contributed by atoms with Crippen LogP contribution in [0.1, 0.15) is 62.8 Å². The van der Waals surface area contributed by atoms with Crippen molar-refractivity contribution in [3.8, 4) is 0 Å². The van der Waals surface area contributed by atoms with Crippen molar-refractivity contribution in [1.82, 2.24) is 20.1 Å². The Bertz CT molecular complexity index is 917. The van der Waals surface area contributed by atoms with Gasteiger partial charge in [-0.2, -0.15) is 0 Å². The fraction of sp³-hybridized carbons (Fsp3) is 0.609. The number of hydrogen-bond donors (Lipinski definition) is 1. The maximum absolute atomic E-state index is 13.2. The molecule has 1 N–H and O–H groups in total. The number of carbonyl (C=O) groups excluding carboxylic acids is 2. The number of amides is 3. The van der Waals surface area contributed by atoms with Gasteiger partial charge in [-0.25, -0.2) is 14.7 Å². The first-order valence-corrected chi connectivity index (χ1v) is 12.1. The Labute approximate surface area is 181 Å². The van der Waals surface area contributed by atoms with Crippen LogP contribution in [0.3, 0.4) is 0 Å². The summed E-state index contributed by atoms with van der Waals surface area (Å²) in [5.41, 5.74) is 0.415. The Hall–Kier alpha value is -1.99. The molecule has 1 aromatic heterocycles. The Morgan fingerprint density at radius 1 is 1.20 bits per heavy atom. The van der Waals surface area contributed by atoms with Crippen LogP contribution in [-0.4, -0.2) is 52.0 Å². The normalized spacial score (nSPS) is 30.4. The molecule has 2 saturated heterocycles. The van der Waals surface area contributed by atoms with E-state index in [1.807, 2.05) is 6.07 Å². The number of likely N-dealkylation sites (tertiary alicyclic amines) is 1. The van der Waals surface area contributed by atoms with Gasteiger partial charge in [-0.15, -0.1) is 11.3 Å². The lowest BCUT2D eigenvalue weighted by molar-refractivity contribution is -0.134. The number of piperidine rings is 1. The van der Waals surface area contributed by atoms with Gasteiger partial charge in [0.15, 0.2) is 0 Å². The monoisotopic (exact) mass is 426 g/mol. The summed E-state index contributed by atoms with van der Waals surface area (Å²) >= 11 is 1.77. The number of fused-ring (bicyclic) bond motifs is 1. The number of rotatable bonds is 4. The van der Waals surface area contributed by atoms with Crippen LogP contribution in [0.5, 0.6) is 0 Å². The molecule has 3 heterocycles. The lowest BCUT2D eigenvalue weighted by Gasteiger charge is -2.36. The fourth-order valence-electron chi connectivity index (χ4n) is 5.37. The summed E-state index contributed by atoms with van der Waals surface area (Å²) in [6, 6.07) is 8.06. The van der Waals surface area contributed by atoms with Crippen molar-refractivity contribution in [3.63, 3.8) is 0 Å². The Morgan fingerprint density at radius 3 is 2.77 bits per heavy atom. The zero-order chi connectivity index (χ0) is 20.7. The largest absolute Gasteiger partial charge is 0.326 e. The molecule has 0 radical (unpaired) electrons. The predicted molar refractivity (Wildman–Crippen MR) is 118 cm³/mol. The molecule has 3 amide bonds. The van der Waals surface area contributed by atoms with Crippen LogP contribution < -0.4 is 5.32 Å². The van der Waals surface area contributed by atoms with Crippen molar-refractivity contribution < 1.29 is 9.59 Å². The minimum absolute atomic E-state index is 0.0100. The maximum atomic E-state index is 13.2. The van der Waals surface area contributed by atoms with Crippen molar-refractivity contribution in [1.29, 1.82) is 0 Å². The van der Waals surface area contributed by atoms with E-state index < -0.39 is 5.54 Å². The van der Waals surface area contributed by atoms with E-state index >= 15 is 0 Å². The standard InChI is InChI=1S/C23H30N4O2S/c1-2-16-9-11-23(12-10-16)21(28)27(22(29)25-23)15-26-13-5-6-17(14-26)20-24-18-7-3-4-8-19(18)30-20/h3-4,7-8,16-17H,2,5-6,9-15H2,1H3,(H,25,29)/t16?,17-,23?/m1/s1. The minimum Gasteiger partial charge on any atom is -0.323 e. The molecule has 2 aliphatic heterocycles. The number of aromatic nitrogens is 1. The molecule has 1 spiro atoms. The number of thiazole rings is 1. The van der Waals surface area contributed by atoms with Crippen molar-refractivity contribution in [2.45, 2.75) is 63.3 Å². The van der Waals surface area contributed by atoms with Crippen molar-refractivity contribution >= 4 is 33.5 Å². The zero-order valence-electron chi connectivity index (χ0n) is 17.6. The second kappa shape index (κ2) is 7.93. The first-order chi connectivity index (χ1) is 14.6. The van der Waals surface area contributed by atoms with Crippen molar-refractivity contribution in [2.24, 2.45) is 5.92 Å². The van der Waals surface area contributed by atoms with Crippen molar-refractivity contribution in [3.05, 3.63) is 29.3 Å². The average molecular weight is 427 g/mol. The molecule has 1 atom stereocenters. The van der Waals surface area contributed by atoms with Crippen LogP contribution in [0.2, 0.25) is 0 Å². The Balaban J connectivity index is 1.26. The van der Waals surface area contributed by atoms with Gasteiger partial charge in [-0.3, -0.25) is 9.69 Å². The number of benzene rings is 1. The van der Waals surface area contributed by atoms with E-state index in [1.54, 1.807) is 11.3 Å². The highest BCUT2D eigenvalue weighted by Gasteiger charge is 2.52. The number of carbonyl (C=O) groups is 2. The van der Waals surface area contributed by atoms with E-state index in [0.29, 0.717) is 18.5 Å². The molecule has 1 aliphatic carbocycles. The third kappa shape index (κ3) is 3.52. The molecule has 30 heavy (non-hydrogen) atoms. The molecule has 5 rings (SSSR count). The number of para-hydroxylation sites is 1. The SMILES string of the molecule is CCC1CCC2(CC1)NC(=O)N(CN1CCC[C@@H](c3nc4ccccc4s3)C1)C2=O. The summed E-state index contributed by atoms with van der Waals surface area (Å²) in [4.78, 5) is 34.5. The van der Waals surface area contributed by atoms with Gasteiger partial charge >= 0.3 is 6.03 Å². The Morgan fingerprint density at radius 2 is 2.00 bits per heavy atom. The summed E-state index contributed by atoms with van der Waals surface area (Å²) in [5, 5.41) is 4.24. The number of urea groups is 1. The molecular formula is C23H30N4O2S. The summed E-state index contributed by atoms with van der Waals surface area (Å²) < 4.78 is 1.23. The van der Waals surface area contributed by atoms with E-state index in [9.17, 15) is 9.59 Å². The van der Waals surface area contributed by atoms with Crippen LogP contribution in [-0.2, 0) is 4.79 Å². The lowest BCUT2D eigenvalue weighted by atomic mass is 9.75. The summed E-state index contributed by atoms with van der Waals surface area (Å²) in [6.07, 6.45) is 6.94. The molecule has 6 nitrogen and oxygen atoms in total. The van der Waals surface area contributed by atoms with Crippen LogP contribution in [0, 0.1) is 5.92 Å². The summed E-state index contributed by atoms with van der Waals surface area (Å²) in [6.45, 7) is 4.37. The molecule has 2 aromatic rings. The predicted octanol–water partition coefficient (Wildman–Crippen LogP) is 4.32. The lowest BCUT2D eigenvalue weighted by Crippen LogP contribution is -2.50. The fourth-order valence-corrected chi connectivity index (χ4v) is 6.47. The van der Waals surface area contributed by atoms with Gasteiger partial charge in [0.1, 0.15) is 5.54 Å². The molecule has 3 fully saturated rings. The number of imide groups is 1. The Kier molecular flexibility index (Phi) is 5.27. The zero-order valence-corrected chi connectivity index (χ0v) is 18.4. The highest BCUT2D eigenvalue weighted by atomic mass is 32.1. The highest BCUT2D eigenvalue weighted by Crippen LogP contribution is 2.38. The topological polar surface area (TPSA) is 65.5 Å². The van der Waals surface area contributed by atoms with Crippen LogP contribution in [0.4, 0.5) is 4.79 Å². The van der Waals surface area contributed by atoms with Gasteiger partial charge in [-0.1, -0.05) is 25.5 Å². The molecule has 1 aromatic carbocycles. The second-order valence-corrected chi connectivity index (χ2v) is 10.2. The van der Waals surface area contributed by atoms with Crippen LogP contribution in [0.15, 0.2) is 24.3 Å². The molecule has 0 unspecified atom stereocenters. The molecule has 1 saturated carbocycles. The number of hydrogen-bond acceptors (Lipinski definition) is 5. The maximum Gasteiger partial charge on any atom is 0.326 e. The van der Waals surface area contributed by atoms with E-state index in [1.165, 1.54) is 14.6 Å². The number of nitrogens with one attached hydrogen (secondary N) is 1. The van der Waals surface area contributed by atoms with Crippen molar-refractivity contribution in [2.75, 3.05) is 19.8 Å². The molecule has 160 valence electrons.